The summed E-state index contributed by atoms with van der Waals surface area (Å²) in [5, 5.41) is 3.19. The molecule has 0 amide bonds. The Morgan fingerprint density at radius 1 is 1.04 bits per heavy atom. The Balaban J connectivity index is 2.09. The van der Waals surface area contributed by atoms with Gasteiger partial charge < -0.3 is 5.32 Å². The van der Waals surface area contributed by atoms with Crippen molar-refractivity contribution in [3.05, 3.63) is 93.5 Å². The molecule has 4 aromatic rings. The van der Waals surface area contributed by atoms with Crippen LogP contribution < -0.4 is 10.7 Å². The van der Waals surface area contributed by atoms with E-state index >= 15 is 0 Å². The van der Waals surface area contributed by atoms with Crippen molar-refractivity contribution in [1.82, 2.24) is 9.55 Å². The SMILES string of the molecule is Cc1c(F)c(Cl)nc2c1c(=O)cc(Nc1ccccc1)n2-c1ccccc1. The average molecular weight is 380 g/mol. The maximum atomic E-state index is 14.3. The fourth-order valence-electron chi connectivity index (χ4n) is 3.06. The number of aryl methyl sites for hydroxylation is 1. The number of hydrogen-bond donors (Lipinski definition) is 1. The Bertz CT molecular complexity index is 1190. The molecule has 2 heterocycles. The molecule has 2 aromatic heterocycles. The fraction of sp³-hybridized carbons (Fsp3) is 0.0476. The molecule has 0 saturated heterocycles. The van der Waals surface area contributed by atoms with Crippen LogP contribution in [0.5, 0.6) is 0 Å². The first-order valence-corrected chi connectivity index (χ1v) is 8.73. The van der Waals surface area contributed by atoms with E-state index in [1.165, 1.54) is 13.0 Å². The fourth-order valence-corrected chi connectivity index (χ4v) is 3.28. The highest BCUT2D eigenvalue weighted by Gasteiger charge is 2.18. The van der Waals surface area contributed by atoms with E-state index in [2.05, 4.69) is 10.3 Å². The molecule has 27 heavy (non-hydrogen) atoms. The van der Waals surface area contributed by atoms with Gasteiger partial charge in [-0.1, -0.05) is 48.0 Å². The number of nitrogens with one attached hydrogen (secondary N) is 1. The highest BCUT2D eigenvalue weighted by molar-refractivity contribution is 6.30. The second-order valence-corrected chi connectivity index (χ2v) is 6.45. The van der Waals surface area contributed by atoms with Crippen LogP contribution >= 0.6 is 11.6 Å². The molecule has 0 spiro atoms. The van der Waals surface area contributed by atoms with E-state index in [1.807, 2.05) is 60.7 Å². The van der Waals surface area contributed by atoms with E-state index in [9.17, 15) is 9.18 Å². The minimum Gasteiger partial charge on any atom is -0.341 e. The maximum Gasteiger partial charge on any atom is 0.193 e. The predicted molar refractivity (Wildman–Crippen MR) is 107 cm³/mol. The third kappa shape index (κ3) is 3.06. The van der Waals surface area contributed by atoms with Gasteiger partial charge in [-0.3, -0.25) is 9.36 Å². The quantitative estimate of drug-likeness (QED) is 0.496. The van der Waals surface area contributed by atoms with Crippen molar-refractivity contribution in [1.29, 1.82) is 0 Å². The first-order chi connectivity index (χ1) is 13.1. The summed E-state index contributed by atoms with van der Waals surface area (Å²) in [7, 11) is 0. The van der Waals surface area contributed by atoms with Gasteiger partial charge in [-0.15, -0.1) is 0 Å². The lowest BCUT2D eigenvalue weighted by molar-refractivity contribution is 0.615. The number of pyridine rings is 2. The van der Waals surface area contributed by atoms with Crippen molar-refractivity contribution in [2.45, 2.75) is 6.92 Å². The number of hydrogen-bond acceptors (Lipinski definition) is 3. The number of anilines is 2. The highest BCUT2D eigenvalue weighted by atomic mass is 35.5. The van der Waals surface area contributed by atoms with Gasteiger partial charge in [-0.05, 0) is 31.2 Å². The molecular formula is C21H15ClFN3O. The highest BCUT2D eigenvalue weighted by Crippen LogP contribution is 2.28. The Hall–Kier alpha value is -3.18. The van der Waals surface area contributed by atoms with Gasteiger partial charge in [0, 0.05) is 23.0 Å². The van der Waals surface area contributed by atoms with Crippen LogP contribution in [0.2, 0.25) is 5.15 Å². The number of aromatic nitrogens is 2. The zero-order chi connectivity index (χ0) is 19.0. The Morgan fingerprint density at radius 2 is 1.67 bits per heavy atom. The van der Waals surface area contributed by atoms with Gasteiger partial charge in [0.2, 0.25) is 0 Å². The Morgan fingerprint density at radius 3 is 2.33 bits per heavy atom. The molecule has 1 N–H and O–H groups in total. The summed E-state index contributed by atoms with van der Waals surface area (Å²) >= 11 is 6.00. The summed E-state index contributed by atoms with van der Waals surface area (Å²) in [4.78, 5) is 16.9. The number of nitrogens with zero attached hydrogens (tertiary/aromatic N) is 2. The monoisotopic (exact) mass is 379 g/mol. The smallest absolute Gasteiger partial charge is 0.193 e. The topological polar surface area (TPSA) is 46.9 Å². The lowest BCUT2D eigenvalue weighted by atomic mass is 10.1. The molecule has 0 aliphatic heterocycles. The van der Waals surface area contributed by atoms with E-state index in [4.69, 9.17) is 11.6 Å². The maximum absolute atomic E-state index is 14.3. The van der Waals surface area contributed by atoms with Gasteiger partial charge in [0.1, 0.15) is 5.82 Å². The van der Waals surface area contributed by atoms with Crippen LogP contribution in [-0.4, -0.2) is 9.55 Å². The Labute approximate surface area is 159 Å². The van der Waals surface area contributed by atoms with Crippen molar-refractivity contribution in [2.75, 3.05) is 5.32 Å². The molecule has 4 nitrogen and oxygen atoms in total. The lowest BCUT2D eigenvalue weighted by Crippen LogP contribution is -2.15. The van der Waals surface area contributed by atoms with Crippen LogP contribution in [0, 0.1) is 12.7 Å². The van der Waals surface area contributed by atoms with Crippen LogP contribution in [0.25, 0.3) is 16.7 Å². The molecule has 0 unspecified atom stereocenters. The van der Waals surface area contributed by atoms with Gasteiger partial charge in [0.15, 0.2) is 22.0 Å². The molecule has 0 atom stereocenters. The summed E-state index contributed by atoms with van der Waals surface area (Å²) < 4.78 is 16.0. The van der Waals surface area contributed by atoms with Crippen LogP contribution in [0.15, 0.2) is 71.5 Å². The van der Waals surface area contributed by atoms with Crippen LogP contribution in [0.3, 0.4) is 0 Å². The zero-order valence-corrected chi connectivity index (χ0v) is 15.2. The van der Waals surface area contributed by atoms with E-state index < -0.39 is 5.82 Å². The third-order valence-electron chi connectivity index (χ3n) is 4.34. The van der Waals surface area contributed by atoms with Crippen LogP contribution in [0.1, 0.15) is 5.56 Å². The normalized spacial score (nSPS) is 10.9. The second-order valence-electron chi connectivity index (χ2n) is 6.10. The van der Waals surface area contributed by atoms with Gasteiger partial charge in [-0.25, -0.2) is 9.37 Å². The van der Waals surface area contributed by atoms with Crippen LogP contribution in [0.4, 0.5) is 15.9 Å². The Kier molecular flexibility index (Phi) is 4.38. The largest absolute Gasteiger partial charge is 0.341 e. The van der Waals surface area contributed by atoms with E-state index in [0.29, 0.717) is 11.5 Å². The van der Waals surface area contributed by atoms with Crippen molar-refractivity contribution >= 4 is 34.1 Å². The standard InChI is InChI=1S/C21H15ClFN3O/c1-13-18-16(27)12-17(24-14-8-4-2-5-9-14)26(15-10-6-3-7-11-15)21(18)25-20(22)19(13)23/h2-12,24H,1H3. The van der Waals surface area contributed by atoms with Gasteiger partial charge in [-0.2, -0.15) is 0 Å². The molecule has 6 heteroatoms. The average Bonchev–Trinajstić information content (AvgIpc) is 2.67. The van der Waals surface area contributed by atoms with Gasteiger partial charge >= 0.3 is 0 Å². The van der Waals surface area contributed by atoms with Crippen LogP contribution in [-0.2, 0) is 0 Å². The molecule has 0 radical (unpaired) electrons. The number of rotatable bonds is 3. The summed E-state index contributed by atoms with van der Waals surface area (Å²) in [6, 6.07) is 20.3. The molecular weight excluding hydrogens is 365 g/mol. The lowest BCUT2D eigenvalue weighted by Gasteiger charge is -2.18. The molecule has 4 rings (SSSR count). The molecule has 0 aliphatic rings. The summed E-state index contributed by atoms with van der Waals surface area (Å²) in [6.45, 7) is 1.53. The van der Waals surface area contributed by atoms with Gasteiger partial charge in [0.05, 0.1) is 5.39 Å². The van der Waals surface area contributed by atoms with E-state index in [-0.39, 0.29) is 21.5 Å². The predicted octanol–water partition coefficient (Wildman–Crippen LogP) is 5.23. The first-order valence-electron chi connectivity index (χ1n) is 8.35. The minimum absolute atomic E-state index is 0.186. The summed E-state index contributed by atoms with van der Waals surface area (Å²) in [5.74, 6) is -0.163. The minimum atomic E-state index is -0.676. The van der Waals surface area contributed by atoms with Crippen molar-refractivity contribution in [3.63, 3.8) is 0 Å². The van der Waals surface area contributed by atoms with E-state index in [1.54, 1.807) is 4.57 Å². The summed E-state index contributed by atoms with van der Waals surface area (Å²) in [6.07, 6.45) is 0. The second kappa shape index (κ2) is 6.85. The molecule has 134 valence electrons. The molecule has 0 fully saturated rings. The van der Waals surface area contributed by atoms with Gasteiger partial charge in [0.25, 0.3) is 0 Å². The first kappa shape index (κ1) is 17.2. The van der Waals surface area contributed by atoms with Crippen molar-refractivity contribution in [3.8, 4) is 5.69 Å². The number of fused-ring (bicyclic) bond motifs is 1. The zero-order valence-electron chi connectivity index (χ0n) is 14.4. The molecule has 0 aliphatic carbocycles. The molecule has 0 saturated carbocycles. The molecule has 0 bridgehead atoms. The number of para-hydroxylation sites is 2. The summed E-state index contributed by atoms with van der Waals surface area (Å²) in [5.41, 5.74) is 1.75. The van der Waals surface area contributed by atoms with Crippen molar-refractivity contribution < 1.29 is 4.39 Å². The number of benzene rings is 2. The van der Waals surface area contributed by atoms with Crippen molar-refractivity contribution in [2.24, 2.45) is 0 Å². The molecule has 2 aromatic carbocycles. The number of halogens is 2. The third-order valence-corrected chi connectivity index (χ3v) is 4.59. The van der Waals surface area contributed by atoms with E-state index in [0.717, 1.165) is 11.4 Å².